The van der Waals surface area contributed by atoms with Gasteiger partial charge < -0.3 is 19.7 Å². The van der Waals surface area contributed by atoms with Gasteiger partial charge in [0.15, 0.2) is 11.5 Å². The first-order valence-electron chi connectivity index (χ1n) is 8.84. The monoisotopic (exact) mass is 385 g/mol. The number of ether oxygens (including phenoxy) is 2. The summed E-state index contributed by atoms with van der Waals surface area (Å²) in [5.41, 5.74) is 8.89. The van der Waals surface area contributed by atoms with Crippen molar-refractivity contribution in [3.8, 4) is 22.9 Å². The minimum absolute atomic E-state index is 0. The van der Waals surface area contributed by atoms with E-state index >= 15 is 0 Å². The van der Waals surface area contributed by atoms with E-state index in [1.807, 2.05) is 30.3 Å². The van der Waals surface area contributed by atoms with E-state index in [0.717, 1.165) is 29.0 Å². The molecular formula is C20H20ClN3O3. The Morgan fingerprint density at radius 3 is 2.52 bits per heavy atom. The van der Waals surface area contributed by atoms with Gasteiger partial charge in [0.05, 0.1) is 0 Å². The molecule has 0 saturated heterocycles. The van der Waals surface area contributed by atoms with Gasteiger partial charge in [-0.1, -0.05) is 35.5 Å². The zero-order valence-electron chi connectivity index (χ0n) is 14.6. The van der Waals surface area contributed by atoms with E-state index in [1.165, 1.54) is 5.56 Å². The molecule has 1 fully saturated rings. The molecule has 2 atom stereocenters. The Labute approximate surface area is 163 Å². The van der Waals surface area contributed by atoms with Crippen LogP contribution >= 0.6 is 12.4 Å². The van der Waals surface area contributed by atoms with Crippen molar-refractivity contribution in [3.05, 3.63) is 59.5 Å². The second kappa shape index (κ2) is 7.21. The van der Waals surface area contributed by atoms with Crippen molar-refractivity contribution in [2.24, 2.45) is 5.73 Å². The summed E-state index contributed by atoms with van der Waals surface area (Å²) in [5.74, 6) is 3.61. The maximum Gasteiger partial charge on any atom is 0.230 e. The lowest BCUT2D eigenvalue weighted by molar-refractivity contribution is 0.171. The number of rotatable bonds is 4. The highest BCUT2D eigenvalue weighted by atomic mass is 35.5. The summed E-state index contributed by atoms with van der Waals surface area (Å²) in [7, 11) is 0. The van der Waals surface area contributed by atoms with Crippen LogP contribution in [0.4, 0.5) is 0 Å². The minimum Gasteiger partial charge on any atom is -0.486 e. The molecule has 0 bridgehead atoms. The Bertz CT molecular complexity index is 942. The fourth-order valence-electron chi connectivity index (χ4n) is 3.42. The summed E-state index contributed by atoms with van der Waals surface area (Å²) >= 11 is 0. The third kappa shape index (κ3) is 3.38. The number of hydrogen-bond acceptors (Lipinski definition) is 6. The average molecular weight is 386 g/mol. The van der Waals surface area contributed by atoms with E-state index in [2.05, 4.69) is 22.3 Å². The SMILES string of the molecule is Cl.NCc1ccc(-c2noc(C3CC3c3ccc4c(c3)OCCO4)n2)cc1. The Hall–Kier alpha value is -2.57. The molecule has 0 radical (unpaired) electrons. The number of aromatic nitrogens is 2. The van der Waals surface area contributed by atoms with E-state index in [-0.39, 0.29) is 18.3 Å². The molecule has 1 aliphatic carbocycles. The van der Waals surface area contributed by atoms with Crippen LogP contribution in [0.2, 0.25) is 0 Å². The normalized spacial score (nSPS) is 20.0. The quantitative estimate of drug-likeness (QED) is 0.737. The summed E-state index contributed by atoms with van der Waals surface area (Å²) in [5, 5.41) is 4.14. The van der Waals surface area contributed by atoms with Crippen molar-refractivity contribution in [2.75, 3.05) is 13.2 Å². The highest BCUT2D eigenvalue weighted by Crippen LogP contribution is 2.55. The number of halogens is 1. The van der Waals surface area contributed by atoms with E-state index in [9.17, 15) is 0 Å². The summed E-state index contributed by atoms with van der Waals surface area (Å²) in [4.78, 5) is 4.60. The molecule has 1 aliphatic heterocycles. The molecule has 2 aromatic carbocycles. The molecule has 0 amide bonds. The van der Waals surface area contributed by atoms with Crippen LogP contribution in [0.5, 0.6) is 11.5 Å². The molecule has 7 heteroatoms. The van der Waals surface area contributed by atoms with Crippen molar-refractivity contribution in [1.82, 2.24) is 10.1 Å². The van der Waals surface area contributed by atoms with Crippen molar-refractivity contribution in [2.45, 2.75) is 24.8 Å². The van der Waals surface area contributed by atoms with Crippen LogP contribution < -0.4 is 15.2 Å². The molecule has 0 spiro atoms. The zero-order valence-corrected chi connectivity index (χ0v) is 15.4. The maximum atomic E-state index is 5.68. The average Bonchev–Trinajstić information content (AvgIpc) is 3.36. The molecule has 6 nitrogen and oxygen atoms in total. The van der Waals surface area contributed by atoms with Crippen molar-refractivity contribution < 1.29 is 14.0 Å². The lowest BCUT2D eigenvalue weighted by Gasteiger charge is -2.18. The van der Waals surface area contributed by atoms with Crippen LogP contribution in [-0.4, -0.2) is 23.4 Å². The van der Waals surface area contributed by atoms with Gasteiger partial charge in [0.2, 0.25) is 11.7 Å². The lowest BCUT2D eigenvalue weighted by atomic mass is 10.1. The van der Waals surface area contributed by atoms with Gasteiger partial charge in [0.25, 0.3) is 0 Å². The molecule has 2 heterocycles. The number of benzene rings is 2. The topological polar surface area (TPSA) is 83.4 Å². The van der Waals surface area contributed by atoms with Gasteiger partial charge in [0, 0.05) is 18.0 Å². The number of nitrogens with two attached hydrogens (primary N) is 1. The van der Waals surface area contributed by atoms with Crippen LogP contribution in [-0.2, 0) is 6.54 Å². The molecule has 2 unspecified atom stereocenters. The second-order valence-electron chi connectivity index (χ2n) is 6.71. The van der Waals surface area contributed by atoms with Crippen LogP contribution in [0.1, 0.15) is 35.3 Å². The first kappa shape index (κ1) is 17.8. The predicted molar refractivity (Wildman–Crippen MR) is 102 cm³/mol. The van der Waals surface area contributed by atoms with E-state index in [0.29, 0.717) is 37.4 Å². The highest BCUT2D eigenvalue weighted by Gasteiger charge is 2.44. The third-order valence-electron chi connectivity index (χ3n) is 4.99. The van der Waals surface area contributed by atoms with E-state index < -0.39 is 0 Å². The molecule has 1 saturated carbocycles. The van der Waals surface area contributed by atoms with Crippen molar-refractivity contribution in [3.63, 3.8) is 0 Å². The van der Waals surface area contributed by atoms with Crippen LogP contribution in [0.3, 0.4) is 0 Å². The van der Waals surface area contributed by atoms with Crippen LogP contribution in [0, 0.1) is 0 Å². The smallest absolute Gasteiger partial charge is 0.230 e. The maximum absolute atomic E-state index is 5.68. The van der Waals surface area contributed by atoms with E-state index in [4.69, 9.17) is 19.7 Å². The van der Waals surface area contributed by atoms with Crippen LogP contribution in [0.25, 0.3) is 11.4 Å². The molecule has 27 heavy (non-hydrogen) atoms. The van der Waals surface area contributed by atoms with E-state index in [1.54, 1.807) is 0 Å². The number of fused-ring (bicyclic) bond motifs is 1. The lowest BCUT2D eigenvalue weighted by Crippen LogP contribution is -2.15. The third-order valence-corrected chi connectivity index (χ3v) is 4.99. The Kier molecular flexibility index (Phi) is 4.76. The molecule has 5 rings (SSSR count). The second-order valence-corrected chi connectivity index (χ2v) is 6.71. The number of hydrogen-bond donors (Lipinski definition) is 1. The first-order valence-corrected chi connectivity index (χ1v) is 8.84. The summed E-state index contributed by atoms with van der Waals surface area (Å²) in [6.45, 7) is 1.73. The largest absolute Gasteiger partial charge is 0.486 e. The minimum atomic E-state index is 0. The Balaban J connectivity index is 0.00000180. The van der Waals surface area contributed by atoms with Gasteiger partial charge in [-0.15, -0.1) is 12.4 Å². The fraction of sp³-hybridized carbons (Fsp3) is 0.300. The molecule has 140 valence electrons. The van der Waals surface area contributed by atoms with Gasteiger partial charge >= 0.3 is 0 Å². The van der Waals surface area contributed by atoms with Crippen LogP contribution in [0.15, 0.2) is 47.0 Å². The Morgan fingerprint density at radius 2 is 1.74 bits per heavy atom. The van der Waals surface area contributed by atoms with Gasteiger partial charge in [0.1, 0.15) is 13.2 Å². The Morgan fingerprint density at radius 1 is 0.963 bits per heavy atom. The zero-order chi connectivity index (χ0) is 17.5. The van der Waals surface area contributed by atoms with Crippen molar-refractivity contribution in [1.29, 1.82) is 0 Å². The molecule has 1 aromatic heterocycles. The first-order chi connectivity index (χ1) is 12.8. The molecular weight excluding hydrogens is 366 g/mol. The van der Waals surface area contributed by atoms with Gasteiger partial charge in [-0.2, -0.15) is 4.98 Å². The summed E-state index contributed by atoms with van der Waals surface area (Å²) in [6.07, 6.45) is 1.01. The van der Waals surface area contributed by atoms with Gasteiger partial charge in [-0.25, -0.2) is 0 Å². The molecule has 3 aromatic rings. The number of nitrogens with zero attached hydrogens (tertiary/aromatic N) is 2. The fourth-order valence-corrected chi connectivity index (χ4v) is 3.42. The van der Waals surface area contributed by atoms with Gasteiger partial charge in [-0.05, 0) is 35.6 Å². The van der Waals surface area contributed by atoms with Crippen molar-refractivity contribution >= 4 is 12.4 Å². The molecule has 2 aliphatic rings. The standard InChI is InChI=1S/C20H19N3O3.ClH/c21-11-12-1-3-13(4-2-12)19-22-20(26-23-19)16-10-15(16)14-5-6-17-18(9-14)25-8-7-24-17;/h1-6,9,15-16H,7-8,10-11,21H2;1H. The highest BCUT2D eigenvalue weighted by molar-refractivity contribution is 5.85. The summed E-state index contributed by atoms with van der Waals surface area (Å²) in [6, 6.07) is 14.1. The predicted octanol–water partition coefficient (Wildman–Crippen LogP) is 3.66. The summed E-state index contributed by atoms with van der Waals surface area (Å²) < 4.78 is 16.8. The van der Waals surface area contributed by atoms with Gasteiger partial charge in [-0.3, -0.25) is 0 Å². The molecule has 2 N–H and O–H groups in total.